The molecular weight excluding hydrogens is 260 g/mol. The second-order valence-corrected chi connectivity index (χ2v) is 7.98. The van der Waals surface area contributed by atoms with Crippen molar-refractivity contribution in [3.63, 3.8) is 0 Å². The van der Waals surface area contributed by atoms with Crippen molar-refractivity contribution in [1.29, 1.82) is 0 Å². The lowest BCUT2D eigenvalue weighted by molar-refractivity contribution is 0.0406. The van der Waals surface area contributed by atoms with E-state index in [9.17, 15) is 9.90 Å². The average Bonchev–Trinajstić information content (AvgIpc) is 2.36. The summed E-state index contributed by atoms with van der Waals surface area (Å²) in [6.45, 7) is 9.08. The number of benzene rings is 1. The predicted octanol–water partition coefficient (Wildman–Crippen LogP) is 4.72. The van der Waals surface area contributed by atoms with Gasteiger partial charge in [-0.25, -0.2) is 4.79 Å². The van der Waals surface area contributed by atoms with Crippen molar-refractivity contribution in [1.82, 2.24) is 0 Å². The van der Waals surface area contributed by atoms with E-state index in [4.69, 9.17) is 0 Å². The second kappa shape index (κ2) is 4.59. The first-order valence-corrected chi connectivity index (χ1v) is 8.13. The van der Waals surface area contributed by atoms with Gasteiger partial charge in [-0.05, 0) is 72.1 Å². The molecule has 2 heteroatoms. The van der Waals surface area contributed by atoms with Gasteiger partial charge >= 0.3 is 5.97 Å². The highest BCUT2D eigenvalue weighted by Gasteiger charge is 2.49. The van der Waals surface area contributed by atoms with E-state index in [2.05, 4.69) is 26.8 Å². The molecule has 3 rings (SSSR count). The molecule has 0 radical (unpaired) electrons. The Balaban J connectivity index is 2.17. The van der Waals surface area contributed by atoms with Crippen molar-refractivity contribution in [2.24, 2.45) is 11.3 Å². The summed E-state index contributed by atoms with van der Waals surface area (Å²) in [6.07, 6.45) is 6.06. The molecule has 2 atom stereocenters. The Kier molecular flexibility index (Phi) is 3.20. The molecule has 1 aromatic rings. The quantitative estimate of drug-likeness (QED) is 0.810. The van der Waals surface area contributed by atoms with Gasteiger partial charge in [-0.3, -0.25) is 0 Å². The normalized spacial score (nSPS) is 30.4. The van der Waals surface area contributed by atoms with Crippen molar-refractivity contribution in [2.75, 3.05) is 0 Å². The van der Waals surface area contributed by atoms with Gasteiger partial charge < -0.3 is 5.11 Å². The van der Waals surface area contributed by atoms with Crippen molar-refractivity contribution < 1.29 is 9.90 Å². The molecule has 21 heavy (non-hydrogen) atoms. The Labute approximate surface area is 127 Å². The van der Waals surface area contributed by atoms with Gasteiger partial charge in [0.25, 0.3) is 0 Å². The van der Waals surface area contributed by atoms with Gasteiger partial charge in [0.05, 0.1) is 5.56 Å². The van der Waals surface area contributed by atoms with Crippen LogP contribution in [0, 0.1) is 18.3 Å². The summed E-state index contributed by atoms with van der Waals surface area (Å²) in [5.41, 5.74) is 4.59. The SMILES string of the molecule is Cc1cc2c(cc1C(=O)O)C1(C)CCCC(C)(C)C1CC2. The van der Waals surface area contributed by atoms with Crippen LogP contribution in [0.25, 0.3) is 0 Å². The molecule has 0 spiro atoms. The molecule has 0 saturated heterocycles. The van der Waals surface area contributed by atoms with E-state index in [0.29, 0.717) is 16.9 Å². The standard InChI is InChI=1S/C19H26O2/c1-12-10-13-6-7-16-18(2,3)8-5-9-19(16,4)15(13)11-14(12)17(20)21/h10-11,16H,5-9H2,1-4H3,(H,20,21). The minimum absolute atomic E-state index is 0.146. The summed E-state index contributed by atoms with van der Waals surface area (Å²) < 4.78 is 0. The molecule has 1 aromatic carbocycles. The van der Waals surface area contributed by atoms with Gasteiger partial charge in [-0.2, -0.15) is 0 Å². The highest BCUT2D eigenvalue weighted by molar-refractivity contribution is 5.89. The third-order valence-corrected chi connectivity index (χ3v) is 6.23. The fourth-order valence-electron chi connectivity index (χ4n) is 5.19. The molecular formula is C19H26O2. The Morgan fingerprint density at radius 1 is 1.24 bits per heavy atom. The van der Waals surface area contributed by atoms with Crippen LogP contribution in [-0.2, 0) is 11.8 Å². The zero-order valence-corrected chi connectivity index (χ0v) is 13.6. The monoisotopic (exact) mass is 286 g/mol. The molecule has 0 bridgehead atoms. The molecule has 2 aliphatic rings. The van der Waals surface area contributed by atoms with Gasteiger partial charge in [-0.1, -0.05) is 33.3 Å². The van der Waals surface area contributed by atoms with Gasteiger partial charge in [0.1, 0.15) is 0 Å². The molecule has 1 N–H and O–H groups in total. The minimum atomic E-state index is -0.795. The molecule has 2 aliphatic carbocycles. The van der Waals surface area contributed by atoms with Crippen LogP contribution in [-0.4, -0.2) is 11.1 Å². The Hall–Kier alpha value is -1.31. The summed E-state index contributed by atoms with van der Waals surface area (Å²) in [5, 5.41) is 9.45. The lowest BCUT2D eigenvalue weighted by Crippen LogP contribution is -2.48. The number of carboxylic acids is 1. The predicted molar refractivity (Wildman–Crippen MR) is 84.9 cm³/mol. The molecule has 1 saturated carbocycles. The zero-order chi connectivity index (χ0) is 15.4. The van der Waals surface area contributed by atoms with Crippen LogP contribution in [0.3, 0.4) is 0 Å². The first-order valence-electron chi connectivity index (χ1n) is 8.13. The third-order valence-electron chi connectivity index (χ3n) is 6.23. The number of fused-ring (bicyclic) bond motifs is 3. The number of aryl methyl sites for hydroxylation is 2. The van der Waals surface area contributed by atoms with Crippen LogP contribution in [0.4, 0.5) is 0 Å². The first-order chi connectivity index (χ1) is 9.75. The summed E-state index contributed by atoms with van der Waals surface area (Å²) >= 11 is 0. The molecule has 0 amide bonds. The summed E-state index contributed by atoms with van der Waals surface area (Å²) in [7, 11) is 0. The third kappa shape index (κ3) is 2.11. The minimum Gasteiger partial charge on any atom is -0.478 e. The van der Waals surface area contributed by atoms with Crippen molar-refractivity contribution in [3.05, 3.63) is 34.4 Å². The van der Waals surface area contributed by atoms with Crippen LogP contribution < -0.4 is 0 Å². The molecule has 2 nitrogen and oxygen atoms in total. The van der Waals surface area contributed by atoms with E-state index in [1.54, 1.807) is 0 Å². The number of rotatable bonds is 1. The fraction of sp³-hybridized carbons (Fsp3) is 0.632. The van der Waals surface area contributed by atoms with Crippen LogP contribution in [0.2, 0.25) is 0 Å². The van der Waals surface area contributed by atoms with Gasteiger partial charge in [0.15, 0.2) is 0 Å². The number of hydrogen-bond acceptors (Lipinski definition) is 1. The fourth-order valence-corrected chi connectivity index (χ4v) is 5.19. The Bertz CT molecular complexity index is 600. The highest BCUT2D eigenvalue weighted by Crippen LogP contribution is 2.57. The Morgan fingerprint density at radius 2 is 1.95 bits per heavy atom. The largest absolute Gasteiger partial charge is 0.478 e. The van der Waals surface area contributed by atoms with Gasteiger partial charge in [0.2, 0.25) is 0 Å². The zero-order valence-electron chi connectivity index (χ0n) is 13.6. The van der Waals surface area contributed by atoms with Crippen LogP contribution in [0.1, 0.15) is 73.5 Å². The lowest BCUT2D eigenvalue weighted by Gasteiger charge is -2.54. The molecule has 114 valence electrons. The van der Waals surface area contributed by atoms with Crippen LogP contribution >= 0.6 is 0 Å². The van der Waals surface area contributed by atoms with E-state index in [0.717, 1.165) is 12.0 Å². The van der Waals surface area contributed by atoms with Crippen LogP contribution in [0.5, 0.6) is 0 Å². The summed E-state index contributed by atoms with van der Waals surface area (Å²) in [6, 6.07) is 4.11. The maximum atomic E-state index is 11.5. The second-order valence-electron chi connectivity index (χ2n) is 7.98. The van der Waals surface area contributed by atoms with E-state index < -0.39 is 5.97 Å². The van der Waals surface area contributed by atoms with E-state index in [1.807, 2.05) is 13.0 Å². The topological polar surface area (TPSA) is 37.3 Å². The van der Waals surface area contributed by atoms with Crippen molar-refractivity contribution >= 4 is 5.97 Å². The number of carbonyl (C=O) groups is 1. The lowest BCUT2D eigenvalue weighted by atomic mass is 9.50. The van der Waals surface area contributed by atoms with E-state index in [1.165, 1.54) is 36.8 Å². The molecule has 0 aliphatic heterocycles. The number of hydrogen-bond donors (Lipinski definition) is 1. The molecule has 0 aromatic heterocycles. The van der Waals surface area contributed by atoms with Crippen LogP contribution in [0.15, 0.2) is 12.1 Å². The average molecular weight is 286 g/mol. The summed E-state index contributed by atoms with van der Waals surface area (Å²) in [5.74, 6) is -0.133. The maximum absolute atomic E-state index is 11.5. The number of carboxylic acid groups (broad SMARTS) is 1. The summed E-state index contributed by atoms with van der Waals surface area (Å²) in [4.78, 5) is 11.5. The van der Waals surface area contributed by atoms with Gasteiger partial charge in [-0.15, -0.1) is 0 Å². The van der Waals surface area contributed by atoms with Crippen molar-refractivity contribution in [2.45, 2.75) is 65.2 Å². The molecule has 1 fully saturated rings. The maximum Gasteiger partial charge on any atom is 0.335 e. The smallest absolute Gasteiger partial charge is 0.335 e. The highest BCUT2D eigenvalue weighted by atomic mass is 16.4. The molecule has 0 heterocycles. The van der Waals surface area contributed by atoms with Gasteiger partial charge in [0, 0.05) is 0 Å². The van der Waals surface area contributed by atoms with Crippen molar-refractivity contribution in [3.8, 4) is 0 Å². The first kappa shape index (κ1) is 14.6. The van der Waals surface area contributed by atoms with E-state index >= 15 is 0 Å². The Morgan fingerprint density at radius 3 is 2.62 bits per heavy atom. The molecule has 2 unspecified atom stereocenters. The number of aromatic carboxylic acids is 1. The van der Waals surface area contributed by atoms with E-state index in [-0.39, 0.29) is 5.41 Å².